The smallest absolute Gasteiger partial charge is 0.0383 e. The Labute approximate surface area is 103 Å². The predicted molar refractivity (Wildman–Crippen MR) is 72.0 cm³/mol. The first-order valence-electron chi connectivity index (χ1n) is 6.44. The van der Waals surface area contributed by atoms with Crippen molar-refractivity contribution in [3.05, 3.63) is 21.9 Å². The van der Waals surface area contributed by atoms with Gasteiger partial charge in [-0.2, -0.15) is 0 Å². The normalized spacial score (nSPS) is 21.2. The maximum absolute atomic E-state index is 3.57. The summed E-state index contributed by atoms with van der Waals surface area (Å²) in [4.78, 5) is 1.43. The zero-order valence-electron chi connectivity index (χ0n) is 10.7. The van der Waals surface area contributed by atoms with E-state index in [-0.39, 0.29) is 0 Å². The summed E-state index contributed by atoms with van der Waals surface area (Å²) in [6.07, 6.45) is 6.91. The Bertz CT molecular complexity index is 336. The van der Waals surface area contributed by atoms with E-state index in [0.717, 1.165) is 0 Å². The molecular weight excluding hydrogens is 214 g/mol. The molecular formula is C14H23NS. The number of aryl methyl sites for hydroxylation is 1. The fourth-order valence-electron chi connectivity index (χ4n) is 3.37. The van der Waals surface area contributed by atoms with Crippen LogP contribution in [-0.2, 0) is 0 Å². The summed E-state index contributed by atoms with van der Waals surface area (Å²) in [5.74, 6) is 0. The molecule has 1 aliphatic carbocycles. The van der Waals surface area contributed by atoms with E-state index in [1.54, 1.807) is 0 Å². The standard InChI is InChI=1S/C14H23NS/c1-4-14(7-5-6-8-14)13(15-3)12-9-11(2)16-10-12/h9-10,13,15H,4-8H2,1-3H3. The molecule has 0 radical (unpaired) electrons. The molecule has 1 N–H and O–H groups in total. The van der Waals surface area contributed by atoms with Crippen LogP contribution < -0.4 is 5.32 Å². The van der Waals surface area contributed by atoms with E-state index in [1.807, 2.05) is 11.3 Å². The number of hydrogen-bond acceptors (Lipinski definition) is 2. The monoisotopic (exact) mass is 237 g/mol. The van der Waals surface area contributed by atoms with Gasteiger partial charge in [-0.3, -0.25) is 0 Å². The molecule has 2 rings (SSSR count). The molecule has 0 amide bonds. The third-order valence-corrected chi connectivity index (χ3v) is 5.17. The van der Waals surface area contributed by atoms with Crippen LogP contribution in [0.4, 0.5) is 0 Å². The number of nitrogens with one attached hydrogen (secondary N) is 1. The van der Waals surface area contributed by atoms with Crippen LogP contribution in [0, 0.1) is 12.3 Å². The third-order valence-electron chi connectivity index (χ3n) is 4.29. The summed E-state index contributed by atoms with van der Waals surface area (Å²) >= 11 is 1.88. The Morgan fingerprint density at radius 1 is 1.44 bits per heavy atom. The highest BCUT2D eigenvalue weighted by Gasteiger charge is 2.39. The van der Waals surface area contributed by atoms with Gasteiger partial charge in [0.25, 0.3) is 0 Å². The lowest BCUT2D eigenvalue weighted by Gasteiger charge is -2.36. The molecule has 1 saturated carbocycles. The molecule has 1 heterocycles. The van der Waals surface area contributed by atoms with E-state index < -0.39 is 0 Å². The van der Waals surface area contributed by atoms with E-state index in [2.05, 4.69) is 37.7 Å². The molecule has 1 nitrogen and oxygen atoms in total. The maximum Gasteiger partial charge on any atom is 0.0383 e. The number of rotatable bonds is 4. The first-order valence-corrected chi connectivity index (χ1v) is 7.32. The van der Waals surface area contributed by atoms with Gasteiger partial charge in [-0.1, -0.05) is 19.8 Å². The van der Waals surface area contributed by atoms with Crippen molar-refractivity contribution >= 4 is 11.3 Å². The molecule has 1 fully saturated rings. The van der Waals surface area contributed by atoms with Gasteiger partial charge in [0.2, 0.25) is 0 Å². The van der Waals surface area contributed by atoms with Crippen molar-refractivity contribution in [3.8, 4) is 0 Å². The Morgan fingerprint density at radius 3 is 2.56 bits per heavy atom. The third kappa shape index (κ3) is 2.05. The lowest BCUT2D eigenvalue weighted by molar-refractivity contribution is 0.195. The fourth-order valence-corrected chi connectivity index (χ4v) is 4.10. The average molecular weight is 237 g/mol. The molecule has 1 aromatic heterocycles. The molecule has 1 aromatic rings. The van der Waals surface area contributed by atoms with Gasteiger partial charge in [-0.25, -0.2) is 0 Å². The largest absolute Gasteiger partial charge is 0.313 e. The predicted octanol–water partition coefficient (Wildman–Crippen LogP) is 4.29. The molecule has 1 unspecified atom stereocenters. The average Bonchev–Trinajstić information content (AvgIpc) is 2.90. The van der Waals surface area contributed by atoms with Gasteiger partial charge in [0.1, 0.15) is 0 Å². The van der Waals surface area contributed by atoms with Crippen LogP contribution in [0.15, 0.2) is 11.4 Å². The van der Waals surface area contributed by atoms with Crippen molar-refractivity contribution in [3.63, 3.8) is 0 Å². The van der Waals surface area contributed by atoms with E-state index in [1.165, 1.54) is 42.5 Å². The van der Waals surface area contributed by atoms with Crippen LogP contribution in [0.3, 0.4) is 0 Å². The SMILES string of the molecule is CCC1(C(NC)c2csc(C)c2)CCCC1. The minimum absolute atomic E-state index is 0.516. The van der Waals surface area contributed by atoms with E-state index in [0.29, 0.717) is 11.5 Å². The molecule has 16 heavy (non-hydrogen) atoms. The van der Waals surface area contributed by atoms with Crippen molar-refractivity contribution in [2.75, 3.05) is 7.05 Å². The number of thiophene rings is 1. The molecule has 2 heteroatoms. The van der Waals surface area contributed by atoms with Gasteiger partial charge >= 0.3 is 0 Å². The topological polar surface area (TPSA) is 12.0 Å². The molecule has 0 saturated heterocycles. The second kappa shape index (κ2) is 4.89. The van der Waals surface area contributed by atoms with Crippen molar-refractivity contribution in [2.24, 2.45) is 5.41 Å². The van der Waals surface area contributed by atoms with Gasteiger partial charge in [0.05, 0.1) is 0 Å². The Hall–Kier alpha value is -0.340. The highest BCUT2D eigenvalue weighted by atomic mass is 32.1. The highest BCUT2D eigenvalue weighted by Crippen LogP contribution is 2.50. The second-order valence-electron chi connectivity index (χ2n) is 5.14. The molecule has 0 aliphatic heterocycles. The van der Waals surface area contributed by atoms with Gasteiger partial charge < -0.3 is 5.32 Å². The lowest BCUT2D eigenvalue weighted by atomic mass is 9.74. The summed E-state index contributed by atoms with van der Waals surface area (Å²) < 4.78 is 0. The molecule has 0 aromatic carbocycles. The quantitative estimate of drug-likeness (QED) is 0.824. The van der Waals surface area contributed by atoms with Crippen molar-refractivity contribution in [1.29, 1.82) is 0 Å². The van der Waals surface area contributed by atoms with Crippen molar-refractivity contribution in [1.82, 2.24) is 5.32 Å². The maximum atomic E-state index is 3.57. The van der Waals surface area contributed by atoms with Crippen LogP contribution in [-0.4, -0.2) is 7.05 Å². The summed E-state index contributed by atoms with van der Waals surface area (Å²) in [5, 5.41) is 5.91. The molecule has 1 aliphatic rings. The van der Waals surface area contributed by atoms with Crippen LogP contribution >= 0.6 is 11.3 Å². The Kier molecular flexibility index (Phi) is 3.70. The van der Waals surface area contributed by atoms with E-state index in [9.17, 15) is 0 Å². The van der Waals surface area contributed by atoms with Crippen LogP contribution in [0.1, 0.15) is 55.5 Å². The highest BCUT2D eigenvalue weighted by molar-refractivity contribution is 7.10. The van der Waals surface area contributed by atoms with Crippen molar-refractivity contribution < 1.29 is 0 Å². The van der Waals surface area contributed by atoms with Crippen molar-refractivity contribution in [2.45, 2.75) is 52.0 Å². The zero-order chi connectivity index (χ0) is 11.6. The molecule has 0 bridgehead atoms. The summed E-state index contributed by atoms with van der Waals surface area (Å²) in [6.45, 7) is 4.56. The lowest BCUT2D eigenvalue weighted by Crippen LogP contribution is -2.33. The van der Waals surface area contributed by atoms with Gasteiger partial charge in [-0.15, -0.1) is 11.3 Å². The van der Waals surface area contributed by atoms with Crippen LogP contribution in [0.2, 0.25) is 0 Å². The first kappa shape index (κ1) is 12.1. The minimum Gasteiger partial charge on any atom is -0.313 e. The van der Waals surface area contributed by atoms with Crippen LogP contribution in [0.25, 0.3) is 0 Å². The second-order valence-corrected chi connectivity index (χ2v) is 6.25. The summed E-state index contributed by atoms with van der Waals surface area (Å²) in [7, 11) is 2.12. The molecule has 1 atom stereocenters. The minimum atomic E-state index is 0.516. The zero-order valence-corrected chi connectivity index (χ0v) is 11.5. The molecule has 0 spiro atoms. The molecule has 90 valence electrons. The summed E-state index contributed by atoms with van der Waals surface area (Å²) in [5.41, 5.74) is 2.02. The summed E-state index contributed by atoms with van der Waals surface area (Å²) in [6, 6.07) is 2.92. The number of hydrogen-bond donors (Lipinski definition) is 1. The van der Waals surface area contributed by atoms with Gasteiger partial charge in [0, 0.05) is 10.9 Å². The van der Waals surface area contributed by atoms with E-state index in [4.69, 9.17) is 0 Å². The fraction of sp³-hybridized carbons (Fsp3) is 0.714. The first-order chi connectivity index (χ1) is 7.72. The van der Waals surface area contributed by atoms with Gasteiger partial charge in [0.15, 0.2) is 0 Å². The van der Waals surface area contributed by atoms with E-state index >= 15 is 0 Å². The Balaban J connectivity index is 2.27. The van der Waals surface area contributed by atoms with Crippen LogP contribution in [0.5, 0.6) is 0 Å². The van der Waals surface area contributed by atoms with Gasteiger partial charge in [-0.05, 0) is 55.7 Å². The Morgan fingerprint density at radius 2 is 2.12 bits per heavy atom.